The van der Waals surface area contributed by atoms with Crippen molar-refractivity contribution in [1.82, 2.24) is 0 Å². The van der Waals surface area contributed by atoms with Gasteiger partial charge in [-0.15, -0.1) is 11.3 Å². The fraction of sp³-hybridized carbons (Fsp3) is 0.250. The summed E-state index contributed by atoms with van der Waals surface area (Å²) >= 11 is 13.8. The fourth-order valence-electron chi connectivity index (χ4n) is 2.87. The molecule has 136 valence electrons. The highest BCUT2D eigenvalue weighted by atomic mass is 35.5. The predicted octanol–water partition coefficient (Wildman–Crippen LogP) is 4.89. The van der Waals surface area contributed by atoms with E-state index in [0.717, 1.165) is 35.4 Å². The van der Waals surface area contributed by atoms with Crippen LogP contribution in [0.1, 0.15) is 29.1 Å². The Balaban J connectivity index is 1.75. The molecule has 3 nitrogen and oxygen atoms in total. The van der Waals surface area contributed by atoms with Gasteiger partial charge < -0.3 is 10.2 Å². The van der Waals surface area contributed by atoms with Gasteiger partial charge in [0.2, 0.25) is 0 Å². The van der Waals surface area contributed by atoms with E-state index in [-0.39, 0.29) is 5.91 Å². The van der Waals surface area contributed by atoms with Crippen molar-refractivity contribution in [1.29, 1.82) is 0 Å². The average molecular weight is 408 g/mol. The van der Waals surface area contributed by atoms with Gasteiger partial charge in [-0.1, -0.05) is 41.4 Å². The molecule has 0 aliphatic rings. The quantitative estimate of drug-likeness (QED) is 0.599. The lowest BCUT2D eigenvalue weighted by atomic mass is 10.2. The smallest absolute Gasteiger partial charge is 0.267 e. The molecule has 0 fully saturated rings. The van der Waals surface area contributed by atoms with Crippen LogP contribution in [0.2, 0.25) is 10.0 Å². The first-order valence-corrected chi connectivity index (χ1v) is 10.2. The number of carbonyl (C=O) groups is 1. The molecule has 26 heavy (non-hydrogen) atoms. The zero-order valence-corrected chi connectivity index (χ0v) is 17.1. The molecule has 0 unspecified atom stereocenters. The summed E-state index contributed by atoms with van der Waals surface area (Å²) in [6.45, 7) is 7.57. The Morgan fingerprint density at radius 1 is 1.08 bits per heavy atom. The highest BCUT2D eigenvalue weighted by molar-refractivity contribution is 7.21. The molecule has 2 N–H and O–H groups in total. The molecule has 3 rings (SSSR count). The van der Waals surface area contributed by atoms with Gasteiger partial charge in [0.15, 0.2) is 0 Å². The van der Waals surface area contributed by atoms with Crippen LogP contribution in [0.5, 0.6) is 0 Å². The number of halogens is 2. The van der Waals surface area contributed by atoms with Gasteiger partial charge in [-0.25, -0.2) is 0 Å². The maximum atomic E-state index is 12.6. The number of benzene rings is 2. The second-order valence-electron chi connectivity index (χ2n) is 6.17. The Labute approximate surface area is 167 Å². The van der Waals surface area contributed by atoms with E-state index in [0.29, 0.717) is 14.9 Å². The average Bonchev–Trinajstić information content (AvgIpc) is 2.97. The first kappa shape index (κ1) is 19.2. The summed E-state index contributed by atoms with van der Waals surface area (Å²) in [6.07, 6.45) is 0. The number of amides is 1. The minimum absolute atomic E-state index is 0.200. The third-order valence-electron chi connectivity index (χ3n) is 4.46. The maximum Gasteiger partial charge on any atom is 0.267 e. The van der Waals surface area contributed by atoms with Crippen LogP contribution in [0.15, 0.2) is 42.5 Å². The van der Waals surface area contributed by atoms with E-state index in [9.17, 15) is 4.79 Å². The highest BCUT2D eigenvalue weighted by Crippen LogP contribution is 2.37. The lowest BCUT2D eigenvalue weighted by Crippen LogP contribution is -3.10. The molecule has 0 aliphatic heterocycles. The molecule has 0 aliphatic carbocycles. The number of hydrogen-bond donors (Lipinski definition) is 2. The Hall–Kier alpha value is -1.59. The van der Waals surface area contributed by atoms with E-state index in [1.54, 1.807) is 6.07 Å². The molecule has 1 aromatic heterocycles. The molecule has 1 amide bonds. The Kier molecular flexibility index (Phi) is 6.20. The number of anilines is 1. The second kappa shape index (κ2) is 8.40. The minimum atomic E-state index is -0.200. The van der Waals surface area contributed by atoms with Crippen molar-refractivity contribution < 1.29 is 9.69 Å². The summed E-state index contributed by atoms with van der Waals surface area (Å²) in [5.74, 6) is -0.200. The van der Waals surface area contributed by atoms with Crippen molar-refractivity contribution in [2.45, 2.75) is 20.4 Å². The second-order valence-corrected chi connectivity index (χ2v) is 8.04. The molecule has 0 atom stereocenters. The lowest BCUT2D eigenvalue weighted by Gasteiger charge is -2.15. The monoisotopic (exact) mass is 407 g/mol. The summed E-state index contributed by atoms with van der Waals surface area (Å²) in [5, 5.41) is 4.89. The highest BCUT2D eigenvalue weighted by Gasteiger charge is 2.17. The first-order valence-electron chi connectivity index (χ1n) is 8.63. The lowest BCUT2D eigenvalue weighted by molar-refractivity contribution is -0.910. The van der Waals surface area contributed by atoms with Crippen LogP contribution in [0.3, 0.4) is 0 Å². The van der Waals surface area contributed by atoms with Crippen molar-refractivity contribution in [2.75, 3.05) is 18.4 Å². The molecule has 3 aromatic rings. The van der Waals surface area contributed by atoms with Gasteiger partial charge in [-0.3, -0.25) is 4.79 Å². The first-order chi connectivity index (χ1) is 12.5. The van der Waals surface area contributed by atoms with E-state index in [1.807, 2.05) is 24.3 Å². The van der Waals surface area contributed by atoms with Crippen LogP contribution in [0.25, 0.3) is 10.1 Å². The molecule has 1 heterocycles. The number of carbonyl (C=O) groups excluding carboxylic acids is 1. The van der Waals surface area contributed by atoms with Gasteiger partial charge in [0.25, 0.3) is 5.91 Å². The molecule has 2 aromatic carbocycles. The van der Waals surface area contributed by atoms with Crippen molar-refractivity contribution in [3.8, 4) is 0 Å². The molecule has 0 saturated heterocycles. The number of thiophene rings is 1. The summed E-state index contributed by atoms with van der Waals surface area (Å²) in [5.41, 5.74) is 2.02. The van der Waals surface area contributed by atoms with E-state index in [1.165, 1.54) is 21.8 Å². The molecule has 0 radical (unpaired) electrons. The van der Waals surface area contributed by atoms with Crippen molar-refractivity contribution >= 4 is 56.2 Å². The molecule has 0 bridgehead atoms. The zero-order valence-electron chi connectivity index (χ0n) is 14.7. The molecule has 0 saturated carbocycles. The number of fused-ring (bicyclic) bond motifs is 1. The largest absolute Gasteiger partial charge is 0.332 e. The van der Waals surface area contributed by atoms with Crippen LogP contribution >= 0.6 is 34.5 Å². The van der Waals surface area contributed by atoms with E-state index < -0.39 is 0 Å². The zero-order chi connectivity index (χ0) is 18.7. The third kappa shape index (κ3) is 4.21. The van der Waals surface area contributed by atoms with Gasteiger partial charge in [0, 0.05) is 26.4 Å². The minimum Gasteiger partial charge on any atom is -0.332 e. The van der Waals surface area contributed by atoms with Crippen LogP contribution in [-0.4, -0.2) is 19.0 Å². The Bertz CT molecular complexity index is 917. The van der Waals surface area contributed by atoms with E-state index in [4.69, 9.17) is 23.2 Å². The number of rotatable bonds is 6. The predicted molar refractivity (Wildman–Crippen MR) is 112 cm³/mol. The van der Waals surface area contributed by atoms with Crippen molar-refractivity contribution in [2.24, 2.45) is 0 Å². The van der Waals surface area contributed by atoms with Gasteiger partial charge in [-0.2, -0.15) is 0 Å². The van der Waals surface area contributed by atoms with E-state index >= 15 is 0 Å². The maximum absolute atomic E-state index is 12.6. The van der Waals surface area contributed by atoms with Gasteiger partial charge in [0.05, 0.1) is 18.1 Å². The number of nitrogens with one attached hydrogen (secondary N) is 2. The van der Waals surface area contributed by atoms with Gasteiger partial charge >= 0.3 is 0 Å². The summed E-state index contributed by atoms with van der Waals surface area (Å²) < 4.78 is 0.908. The molecule has 6 heteroatoms. The number of hydrogen-bond acceptors (Lipinski definition) is 2. The molecular formula is C20H21Cl2N2OS+. The van der Waals surface area contributed by atoms with Gasteiger partial charge in [0.1, 0.15) is 11.4 Å². The van der Waals surface area contributed by atoms with Crippen molar-refractivity contribution in [3.05, 3.63) is 63.0 Å². The third-order valence-corrected chi connectivity index (χ3v) is 6.35. The van der Waals surface area contributed by atoms with Crippen LogP contribution in [0, 0.1) is 0 Å². The topological polar surface area (TPSA) is 33.5 Å². The molecular weight excluding hydrogens is 387 g/mol. The van der Waals surface area contributed by atoms with Gasteiger partial charge in [-0.05, 0) is 38.1 Å². The normalized spacial score (nSPS) is 11.3. The van der Waals surface area contributed by atoms with Crippen LogP contribution < -0.4 is 10.2 Å². The SMILES string of the molecule is CC[NH+](CC)Cc1ccc(NC(=O)c2sc3cc(Cl)ccc3c2Cl)cc1. The number of quaternary nitrogens is 1. The van der Waals surface area contributed by atoms with Crippen molar-refractivity contribution in [3.63, 3.8) is 0 Å². The summed E-state index contributed by atoms with van der Waals surface area (Å²) in [4.78, 5) is 14.6. The Morgan fingerprint density at radius 3 is 2.42 bits per heavy atom. The standard InChI is InChI=1S/C20H20Cl2N2OS/c1-3-24(4-2)12-13-5-8-15(9-6-13)23-20(25)19-18(22)16-10-7-14(21)11-17(16)26-19/h5-11H,3-4,12H2,1-2H3,(H,23,25)/p+1. The molecule has 0 spiro atoms. The fourth-order valence-corrected chi connectivity index (χ4v) is 4.56. The summed E-state index contributed by atoms with van der Waals surface area (Å²) in [7, 11) is 0. The van der Waals surface area contributed by atoms with E-state index in [2.05, 4.69) is 31.3 Å². The Morgan fingerprint density at radius 2 is 1.77 bits per heavy atom. The summed E-state index contributed by atoms with van der Waals surface area (Å²) in [6, 6.07) is 13.5. The van der Waals surface area contributed by atoms with Crippen LogP contribution in [-0.2, 0) is 6.54 Å². The van der Waals surface area contributed by atoms with Crippen LogP contribution in [0.4, 0.5) is 5.69 Å².